The minimum Gasteiger partial charge on any atom is -0.486 e. The molecule has 6 nitrogen and oxygen atoms in total. The number of fused-ring (bicyclic) bond motifs is 1. The van der Waals surface area contributed by atoms with Crippen LogP contribution in [0.5, 0.6) is 11.5 Å². The summed E-state index contributed by atoms with van der Waals surface area (Å²) in [5, 5.41) is 2.99. The Labute approximate surface area is 157 Å². The van der Waals surface area contributed by atoms with Crippen LogP contribution in [0, 0.1) is 11.8 Å². The van der Waals surface area contributed by atoms with Crippen LogP contribution in [0.25, 0.3) is 0 Å². The third-order valence-electron chi connectivity index (χ3n) is 5.40. The molecular formula is C19H23ClN2O4. The minimum atomic E-state index is -0.167. The second-order valence-corrected chi connectivity index (χ2v) is 7.49. The predicted molar refractivity (Wildman–Crippen MR) is 96.6 cm³/mol. The number of nitrogens with one attached hydrogen (secondary N) is 1. The molecule has 1 saturated carbocycles. The van der Waals surface area contributed by atoms with Gasteiger partial charge >= 0.3 is 0 Å². The van der Waals surface area contributed by atoms with Gasteiger partial charge < -0.3 is 19.7 Å². The van der Waals surface area contributed by atoms with Crippen LogP contribution in [-0.2, 0) is 16.0 Å². The maximum atomic E-state index is 12.9. The number of hydrogen-bond donors (Lipinski definition) is 1. The summed E-state index contributed by atoms with van der Waals surface area (Å²) in [7, 11) is 0. The molecule has 1 saturated heterocycles. The SMILES string of the molecule is O=C(CCl)N[C@@H]1CN(C(=O)Cc2cccc3c2OCCO3)C[C@H]1C1CC1. The summed E-state index contributed by atoms with van der Waals surface area (Å²) in [5.41, 5.74) is 0.850. The van der Waals surface area contributed by atoms with Crippen molar-refractivity contribution in [3.8, 4) is 11.5 Å². The molecule has 1 aromatic carbocycles. The van der Waals surface area contributed by atoms with Crippen molar-refractivity contribution in [1.82, 2.24) is 10.2 Å². The fourth-order valence-electron chi connectivity index (χ4n) is 3.98. The van der Waals surface area contributed by atoms with Crippen LogP contribution in [0.1, 0.15) is 18.4 Å². The Kier molecular flexibility index (Phi) is 4.94. The van der Waals surface area contributed by atoms with Gasteiger partial charge in [-0.1, -0.05) is 12.1 Å². The summed E-state index contributed by atoms with van der Waals surface area (Å²) in [6, 6.07) is 5.66. The summed E-state index contributed by atoms with van der Waals surface area (Å²) in [6.07, 6.45) is 2.63. The molecule has 0 bridgehead atoms. The molecule has 140 valence electrons. The Balaban J connectivity index is 1.44. The summed E-state index contributed by atoms with van der Waals surface area (Å²) < 4.78 is 11.3. The van der Waals surface area contributed by atoms with Gasteiger partial charge in [0.15, 0.2) is 11.5 Å². The van der Waals surface area contributed by atoms with E-state index in [1.54, 1.807) is 0 Å². The number of carbonyl (C=O) groups is 2. The van der Waals surface area contributed by atoms with E-state index < -0.39 is 0 Å². The molecular weight excluding hydrogens is 356 g/mol. The average Bonchev–Trinajstić information content (AvgIpc) is 3.42. The highest BCUT2D eigenvalue weighted by Crippen LogP contribution is 2.42. The number of nitrogens with zero attached hydrogens (tertiary/aromatic N) is 1. The van der Waals surface area contributed by atoms with Gasteiger partial charge in [-0.2, -0.15) is 0 Å². The zero-order chi connectivity index (χ0) is 18.1. The topological polar surface area (TPSA) is 67.9 Å². The lowest BCUT2D eigenvalue weighted by molar-refractivity contribution is -0.130. The number of likely N-dealkylation sites (tertiary alicyclic amines) is 1. The van der Waals surface area contributed by atoms with Crippen molar-refractivity contribution in [2.24, 2.45) is 11.8 Å². The molecule has 2 amide bonds. The highest BCUT2D eigenvalue weighted by molar-refractivity contribution is 6.27. The lowest BCUT2D eigenvalue weighted by atomic mass is 9.98. The van der Waals surface area contributed by atoms with E-state index in [-0.39, 0.29) is 30.2 Å². The molecule has 3 aliphatic rings. The molecule has 0 radical (unpaired) electrons. The molecule has 2 aliphatic heterocycles. The third-order valence-corrected chi connectivity index (χ3v) is 5.65. The Morgan fingerprint density at radius 1 is 1.19 bits per heavy atom. The summed E-state index contributed by atoms with van der Waals surface area (Å²) in [4.78, 5) is 26.5. The van der Waals surface area contributed by atoms with E-state index in [1.807, 2.05) is 23.1 Å². The normalized spacial score (nSPS) is 24.4. The van der Waals surface area contributed by atoms with Crippen LogP contribution in [0.15, 0.2) is 18.2 Å². The minimum absolute atomic E-state index is 0.00183. The van der Waals surface area contributed by atoms with Crippen LogP contribution in [0.2, 0.25) is 0 Å². The zero-order valence-corrected chi connectivity index (χ0v) is 15.3. The fraction of sp³-hybridized carbons (Fsp3) is 0.579. The van der Waals surface area contributed by atoms with Gasteiger partial charge in [0, 0.05) is 24.6 Å². The van der Waals surface area contributed by atoms with Crippen LogP contribution < -0.4 is 14.8 Å². The van der Waals surface area contributed by atoms with Crippen LogP contribution in [0.4, 0.5) is 0 Å². The van der Waals surface area contributed by atoms with Crippen molar-refractivity contribution in [2.75, 3.05) is 32.2 Å². The van der Waals surface area contributed by atoms with E-state index in [0.29, 0.717) is 49.6 Å². The molecule has 1 aromatic rings. The highest BCUT2D eigenvalue weighted by atomic mass is 35.5. The molecule has 7 heteroatoms. The first-order valence-corrected chi connectivity index (χ1v) is 9.69. The van der Waals surface area contributed by atoms with Gasteiger partial charge in [-0.15, -0.1) is 11.6 Å². The van der Waals surface area contributed by atoms with E-state index in [2.05, 4.69) is 5.32 Å². The molecule has 1 N–H and O–H groups in total. The number of para-hydroxylation sites is 1. The lowest BCUT2D eigenvalue weighted by Gasteiger charge is -2.22. The molecule has 1 aliphatic carbocycles. The molecule has 0 unspecified atom stereocenters. The largest absolute Gasteiger partial charge is 0.486 e. The summed E-state index contributed by atoms with van der Waals surface area (Å²) >= 11 is 5.63. The van der Waals surface area contributed by atoms with E-state index in [1.165, 1.54) is 12.8 Å². The number of carbonyl (C=O) groups excluding carboxylic acids is 2. The fourth-order valence-corrected chi connectivity index (χ4v) is 4.06. The van der Waals surface area contributed by atoms with Crippen molar-refractivity contribution in [3.63, 3.8) is 0 Å². The molecule has 2 heterocycles. The number of rotatable bonds is 5. The van der Waals surface area contributed by atoms with E-state index >= 15 is 0 Å². The monoisotopic (exact) mass is 378 g/mol. The molecule has 4 rings (SSSR count). The molecule has 26 heavy (non-hydrogen) atoms. The maximum Gasteiger partial charge on any atom is 0.235 e. The van der Waals surface area contributed by atoms with Crippen molar-refractivity contribution in [1.29, 1.82) is 0 Å². The van der Waals surface area contributed by atoms with Gasteiger partial charge in [0.2, 0.25) is 11.8 Å². The lowest BCUT2D eigenvalue weighted by Crippen LogP contribution is -2.42. The van der Waals surface area contributed by atoms with Crippen molar-refractivity contribution >= 4 is 23.4 Å². The highest BCUT2D eigenvalue weighted by Gasteiger charge is 2.44. The van der Waals surface area contributed by atoms with Gasteiger partial charge in [-0.3, -0.25) is 9.59 Å². The molecule has 2 fully saturated rings. The van der Waals surface area contributed by atoms with Gasteiger partial charge in [0.1, 0.15) is 19.1 Å². The van der Waals surface area contributed by atoms with E-state index in [4.69, 9.17) is 21.1 Å². The maximum absolute atomic E-state index is 12.9. The number of alkyl halides is 1. The summed E-state index contributed by atoms with van der Waals surface area (Å²) in [6.45, 7) is 2.28. The van der Waals surface area contributed by atoms with Gasteiger partial charge in [-0.05, 0) is 24.8 Å². The zero-order valence-electron chi connectivity index (χ0n) is 14.6. The molecule has 0 aromatic heterocycles. The Bertz CT molecular complexity index is 707. The summed E-state index contributed by atoms with van der Waals surface area (Å²) in [5.74, 6) is 2.16. The van der Waals surface area contributed by atoms with Crippen LogP contribution in [-0.4, -0.2) is 54.9 Å². The number of ether oxygens (including phenoxy) is 2. The van der Waals surface area contributed by atoms with Gasteiger partial charge in [0.05, 0.1) is 12.5 Å². The first kappa shape index (κ1) is 17.5. The van der Waals surface area contributed by atoms with Gasteiger partial charge in [0.25, 0.3) is 0 Å². The molecule has 2 atom stereocenters. The standard InChI is InChI=1S/C19H23ClN2O4/c20-9-17(23)21-15-11-22(10-14(15)12-4-5-12)18(24)8-13-2-1-3-16-19(13)26-7-6-25-16/h1-3,12,14-15H,4-11H2,(H,21,23)/t14-,15+/m0/s1. The molecule has 0 spiro atoms. The van der Waals surface area contributed by atoms with Crippen molar-refractivity contribution < 1.29 is 19.1 Å². The smallest absolute Gasteiger partial charge is 0.235 e. The van der Waals surface area contributed by atoms with Crippen molar-refractivity contribution in [3.05, 3.63) is 23.8 Å². The number of hydrogen-bond acceptors (Lipinski definition) is 4. The number of amides is 2. The first-order valence-electron chi connectivity index (χ1n) is 9.16. The quantitative estimate of drug-likeness (QED) is 0.790. The second kappa shape index (κ2) is 7.35. The number of benzene rings is 1. The Morgan fingerprint density at radius 2 is 2.00 bits per heavy atom. The predicted octanol–water partition coefficient (Wildman–Crippen LogP) is 1.59. The first-order chi connectivity index (χ1) is 12.7. The van der Waals surface area contributed by atoms with Crippen LogP contribution in [0.3, 0.4) is 0 Å². The second-order valence-electron chi connectivity index (χ2n) is 7.23. The number of halogens is 1. The Morgan fingerprint density at radius 3 is 2.77 bits per heavy atom. The Hall–Kier alpha value is -1.95. The third kappa shape index (κ3) is 3.61. The van der Waals surface area contributed by atoms with Crippen molar-refractivity contribution in [2.45, 2.75) is 25.3 Å². The van der Waals surface area contributed by atoms with E-state index in [0.717, 1.165) is 5.56 Å². The van der Waals surface area contributed by atoms with Crippen LogP contribution >= 0.6 is 11.6 Å². The van der Waals surface area contributed by atoms with E-state index in [9.17, 15) is 9.59 Å². The average molecular weight is 379 g/mol. The van der Waals surface area contributed by atoms with Gasteiger partial charge in [-0.25, -0.2) is 0 Å².